The third-order valence-corrected chi connectivity index (χ3v) is 4.86. The van der Waals surface area contributed by atoms with Gasteiger partial charge in [-0.1, -0.05) is 39.8 Å². The summed E-state index contributed by atoms with van der Waals surface area (Å²) in [5.74, 6) is 0.697. The van der Waals surface area contributed by atoms with Crippen LogP contribution in [0.1, 0.15) is 5.56 Å². The number of hydrogen-bond donors (Lipinski definition) is 1. The number of anilines is 1. The highest BCUT2D eigenvalue weighted by Gasteiger charge is 2.15. The molecule has 1 aromatic heterocycles. The van der Waals surface area contributed by atoms with Gasteiger partial charge in [0.1, 0.15) is 11.4 Å². The number of aromatic nitrogens is 4. The highest BCUT2D eigenvalue weighted by Crippen LogP contribution is 2.27. The lowest BCUT2D eigenvalue weighted by Gasteiger charge is -2.10. The number of tetrazole rings is 1. The number of amides is 1. The van der Waals surface area contributed by atoms with Gasteiger partial charge in [0.2, 0.25) is 11.1 Å². The van der Waals surface area contributed by atoms with Gasteiger partial charge in [-0.2, -0.15) is 4.68 Å². The van der Waals surface area contributed by atoms with Crippen molar-refractivity contribution >= 4 is 39.3 Å². The van der Waals surface area contributed by atoms with Gasteiger partial charge in [-0.25, -0.2) is 0 Å². The van der Waals surface area contributed by atoms with E-state index in [0.29, 0.717) is 10.9 Å². The predicted octanol–water partition coefficient (Wildman–Crippen LogP) is 3.47. The van der Waals surface area contributed by atoms with E-state index in [0.717, 1.165) is 21.4 Å². The summed E-state index contributed by atoms with van der Waals surface area (Å²) in [5, 5.41) is 15.1. The molecule has 0 aliphatic rings. The first kappa shape index (κ1) is 18.4. The van der Waals surface area contributed by atoms with Crippen LogP contribution >= 0.6 is 27.7 Å². The van der Waals surface area contributed by atoms with E-state index in [4.69, 9.17) is 4.74 Å². The number of ether oxygens (including phenoxy) is 1. The van der Waals surface area contributed by atoms with Crippen LogP contribution < -0.4 is 10.1 Å². The van der Waals surface area contributed by atoms with Crippen molar-refractivity contribution in [2.24, 2.45) is 0 Å². The van der Waals surface area contributed by atoms with Crippen molar-refractivity contribution in [1.82, 2.24) is 20.2 Å². The quantitative estimate of drug-likeness (QED) is 0.599. The molecular formula is C17H16BrN5O2S. The first-order valence-corrected chi connectivity index (χ1v) is 9.46. The second kappa shape index (κ2) is 8.33. The molecule has 1 heterocycles. The van der Waals surface area contributed by atoms with E-state index in [2.05, 4.69) is 36.8 Å². The van der Waals surface area contributed by atoms with Gasteiger partial charge in [-0.15, -0.1) is 5.10 Å². The molecule has 0 fully saturated rings. The Balaban J connectivity index is 1.72. The summed E-state index contributed by atoms with van der Waals surface area (Å²) in [7, 11) is 1.59. The van der Waals surface area contributed by atoms with Crippen LogP contribution in [0.2, 0.25) is 0 Å². The average Bonchev–Trinajstić information content (AvgIpc) is 3.08. The lowest BCUT2D eigenvalue weighted by atomic mass is 10.2. The van der Waals surface area contributed by atoms with Gasteiger partial charge < -0.3 is 10.1 Å². The van der Waals surface area contributed by atoms with Crippen molar-refractivity contribution < 1.29 is 9.53 Å². The molecule has 134 valence electrons. The second-order valence-corrected chi connectivity index (χ2v) is 7.25. The molecule has 9 heteroatoms. The minimum Gasteiger partial charge on any atom is -0.494 e. The van der Waals surface area contributed by atoms with Crippen molar-refractivity contribution in [3.63, 3.8) is 0 Å². The summed E-state index contributed by atoms with van der Waals surface area (Å²) < 4.78 is 7.86. The number of methoxy groups -OCH3 is 1. The van der Waals surface area contributed by atoms with Crippen LogP contribution in [0.3, 0.4) is 0 Å². The van der Waals surface area contributed by atoms with Crippen molar-refractivity contribution in [2.75, 3.05) is 18.2 Å². The highest BCUT2D eigenvalue weighted by atomic mass is 79.9. The molecule has 3 aromatic rings. The maximum Gasteiger partial charge on any atom is 0.234 e. The van der Waals surface area contributed by atoms with Crippen molar-refractivity contribution in [3.05, 3.63) is 52.5 Å². The Labute approximate surface area is 163 Å². The molecule has 0 saturated carbocycles. The predicted molar refractivity (Wildman–Crippen MR) is 104 cm³/mol. The fourth-order valence-corrected chi connectivity index (χ4v) is 3.36. The van der Waals surface area contributed by atoms with E-state index in [1.54, 1.807) is 11.8 Å². The molecule has 0 radical (unpaired) electrons. The molecular weight excluding hydrogens is 418 g/mol. The topological polar surface area (TPSA) is 81.9 Å². The Bertz CT molecular complexity index is 931. The van der Waals surface area contributed by atoms with Crippen LogP contribution in [-0.4, -0.2) is 39.0 Å². The maximum absolute atomic E-state index is 12.2. The zero-order valence-electron chi connectivity index (χ0n) is 14.1. The second-order valence-electron chi connectivity index (χ2n) is 5.40. The summed E-state index contributed by atoms with van der Waals surface area (Å²) >= 11 is 4.63. The molecule has 0 saturated heterocycles. The number of benzene rings is 2. The molecule has 0 aliphatic heterocycles. The van der Waals surface area contributed by atoms with E-state index in [1.165, 1.54) is 11.8 Å². The summed E-state index contributed by atoms with van der Waals surface area (Å²) in [4.78, 5) is 12.2. The molecule has 7 nitrogen and oxygen atoms in total. The van der Waals surface area contributed by atoms with Gasteiger partial charge >= 0.3 is 0 Å². The summed E-state index contributed by atoms with van der Waals surface area (Å²) in [6.07, 6.45) is 0. The number of carbonyl (C=O) groups excluding carboxylic acids is 1. The number of aryl methyl sites for hydroxylation is 1. The molecule has 0 atom stereocenters. The third-order valence-electron chi connectivity index (χ3n) is 3.44. The van der Waals surface area contributed by atoms with Crippen molar-refractivity contribution in [2.45, 2.75) is 12.1 Å². The maximum atomic E-state index is 12.2. The van der Waals surface area contributed by atoms with Crippen LogP contribution in [0.4, 0.5) is 5.69 Å². The lowest BCUT2D eigenvalue weighted by Crippen LogP contribution is -2.14. The number of nitrogens with zero attached hydrogens (tertiary/aromatic N) is 4. The van der Waals surface area contributed by atoms with Crippen LogP contribution in [0.5, 0.6) is 5.75 Å². The van der Waals surface area contributed by atoms with Crippen LogP contribution in [0, 0.1) is 6.92 Å². The van der Waals surface area contributed by atoms with Crippen molar-refractivity contribution in [1.29, 1.82) is 0 Å². The van der Waals surface area contributed by atoms with Crippen LogP contribution in [0.15, 0.2) is 52.1 Å². The molecule has 0 aliphatic carbocycles. The third kappa shape index (κ3) is 4.41. The molecule has 26 heavy (non-hydrogen) atoms. The Hall–Kier alpha value is -2.39. The Kier molecular flexibility index (Phi) is 5.89. The van der Waals surface area contributed by atoms with Crippen LogP contribution in [0.25, 0.3) is 5.69 Å². The number of rotatable bonds is 6. The standard InChI is InChI=1S/C17H16BrN5O2S/c1-11-6-7-15(25-2)14(8-11)23-17(20-21-22-23)26-10-16(24)19-13-5-3-4-12(18)9-13/h3-9H,10H2,1-2H3,(H,19,24). The van der Waals surface area contributed by atoms with Crippen LogP contribution in [-0.2, 0) is 4.79 Å². The van der Waals surface area contributed by atoms with Gasteiger partial charge in [0.15, 0.2) is 0 Å². The lowest BCUT2D eigenvalue weighted by molar-refractivity contribution is -0.113. The molecule has 2 aromatic carbocycles. The largest absolute Gasteiger partial charge is 0.494 e. The molecule has 1 N–H and O–H groups in total. The number of carbonyl (C=O) groups is 1. The van der Waals surface area contributed by atoms with Gasteiger partial charge in [-0.3, -0.25) is 4.79 Å². The Morgan fingerprint density at radius 3 is 2.92 bits per heavy atom. The average molecular weight is 434 g/mol. The zero-order chi connectivity index (χ0) is 18.5. The monoisotopic (exact) mass is 433 g/mol. The smallest absolute Gasteiger partial charge is 0.234 e. The fourth-order valence-electron chi connectivity index (χ4n) is 2.28. The van der Waals surface area contributed by atoms with Gasteiger partial charge in [0, 0.05) is 10.2 Å². The molecule has 0 bridgehead atoms. The summed E-state index contributed by atoms with van der Waals surface area (Å²) in [6, 6.07) is 13.2. The highest BCUT2D eigenvalue weighted by molar-refractivity contribution is 9.10. The molecule has 0 unspecified atom stereocenters. The Morgan fingerprint density at radius 2 is 2.15 bits per heavy atom. The molecule has 1 amide bonds. The van der Waals surface area contributed by atoms with Gasteiger partial charge in [-0.05, 0) is 53.2 Å². The van der Waals surface area contributed by atoms with E-state index < -0.39 is 0 Å². The minimum atomic E-state index is -0.140. The molecule has 3 rings (SSSR count). The molecule has 0 spiro atoms. The zero-order valence-corrected chi connectivity index (χ0v) is 16.5. The van der Waals surface area contributed by atoms with E-state index in [9.17, 15) is 4.79 Å². The van der Waals surface area contributed by atoms with E-state index in [-0.39, 0.29) is 11.7 Å². The Morgan fingerprint density at radius 1 is 1.31 bits per heavy atom. The fraction of sp³-hybridized carbons (Fsp3) is 0.176. The summed E-state index contributed by atoms with van der Waals surface area (Å²) in [6.45, 7) is 1.98. The minimum absolute atomic E-state index is 0.140. The normalized spacial score (nSPS) is 10.6. The van der Waals surface area contributed by atoms with E-state index in [1.807, 2.05) is 49.4 Å². The summed E-state index contributed by atoms with van der Waals surface area (Å²) in [5.41, 5.74) is 2.51. The number of halogens is 1. The first-order chi connectivity index (χ1) is 12.6. The van der Waals surface area contributed by atoms with Crippen molar-refractivity contribution in [3.8, 4) is 11.4 Å². The van der Waals surface area contributed by atoms with E-state index >= 15 is 0 Å². The van der Waals surface area contributed by atoms with Gasteiger partial charge in [0.25, 0.3) is 0 Å². The number of thioether (sulfide) groups is 1. The van der Waals surface area contributed by atoms with Gasteiger partial charge in [0.05, 0.1) is 12.9 Å². The first-order valence-electron chi connectivity index (χ1n) is 7.68. The number of hydrogen-bond acceptors (Lipinski definition) is 6. The SMILES string of the molecule is COc1ccc(C)cc1-n1nnnc1SCC(=O)Nc1cccc(Br)c1. The number of nitrogens with one attached hydrogen (secondary N) is 1.